The van der Waals surface area contributed by atoms with Gasteiger partial charge in [0.15, 0.2) is 0 Å². The Bertz CT molecular complexity index is 664. The zero-order chi connectivity index (χ0) is 25.1. The maximum atomic E-state index is 11.5. The number of aliphatic hydroxyl groups excluding tert-OH is 1. The minimum atomic E-state index is -0.541. The maximum absolute atomic E-state index is 11.5. The summed E-state index contributed by atoms with van der Waals surface area (Å²) in [6, 6.07) is 4.37. The zero-order valence-corrected chi connectivity index (χ0v) is 24.5. The van der Waals surface area contributed by atoms with Gasteiger partial charge < -0.3 is 15.2 Å². The first-order valence-corrected chi connectivity index (χ1v) is 12.6. The topological polar surface area (TPSA) is 107 Å². The summed E-state index contributed by atoms with van der Waals surface area (Å²) in [5.41, 5.74) is 0.720. The van der Waals surface area contributed by atoms with Gasteiger partial charge in [0.1, 0.15) is 0 Å². The van der Waals surface area contributed by atoms with Crippen molar-refractivity contribution in [3.05, 3.63) is 33.9 Å². The van der Waals surface area contributed by atoms with Gasteiger partial charge >= 0.3 is 0 Å². The number of benzene rings is 1. The molecule has 1 heterocycles. The normalized spacial score (nSPS) is 12.4. The van der Waals surface area contributed by atoms with Crippen LogP contribution in [0.2, 0.25) is 0 Å². The zero-order valence-electron chi connectivity index (χ0n) is 21.7. The number of nitrogens with zero attached hydrogens (tertiary/aromatic N) is 3. The number of anilines is 1. The van der Waals surface area contributed by atoms with Crippen LogP contribution in [0.15, 0.2) is 18.2 Å². The molecule has 0 atom stereocenters. The first kappa shape index (κ1) is 35.2. The van der Waals surface area contributed by atoms with Crippen LogP contribution >= 0.6 is 0 Å². The molecule has 0 saturated carbocycles. The van der Waals surface area contributed by atoms with E-state index < -0.39 is 11.5 Å². The molecule has 9 heteroatoms. The van der Waals surface area contributed by atoms with Crippen molar-refractivity contribution < 1.29 is 52.7 Å². The molecule has 8 nitrogen and oxygen atoms in total. The number of hydrogen-bond donors (Lipinski definition) is 2. The Morgan fingerprint density at radius 1 is 1.03 bits per heavy atom. The molecule has 1 aromatic carbocycles. The van der Waals surface area contributed by atoms with Crippen molar-refractivity contribution in [1.29, 1.82) is 0 Å². The van der Waals surface area contributed by atoms with Crippen molar-refractivity contribution in [3.63, 3.8) is 0 Å². The Morgan fingerprint density at radius 3 is 2.00 bits per heavy atom. The van der Waals surface area contributed by atoms with E-state index in [0.29, 0.717) is 18.7 Å². The summed E-state index contributed by atoms with van der Waals surface area (Å²) < 4.78 is 0. The van der Waals surface area contributed by atoms with Crippen LogP contribution in [0.3, 0.4) is 0 Å². The van der Waals surface area contributed by atoms with Crippen LogP contribution in [-0.4, -0.2) is 45.8 Å². The van der Waals surface area contributed by atoms with Gasteiger partial charge in [0.2, 0.25) is 5.91 Å². The average molecular weight is 557 g/mol. The summed E-state index contributed by atoms with van der Waals surface area (Å²) in [5.74, 6) is 0.0164. The largest absolute Gasteiger partial charge is 0.391 e. The number of carbonyl (C=O) groups is 1. The Hall–Kier alpha value is -0.926. The fraction of sp³-hybridized carbons (Fsp3) is 0.720. The van der Waals surface area contributed by atoms with Crippen LogP contribution in [0.5, 0.6) is 0 Å². The molecule has 2 rings (SSSR count). The monoisotopic (exact) mass is 556 g/mol. The van der Waals surface area contributed by atoms with Gasteiger partial charge in [-0.3, -0.25) is 14.9 Å². The first-order valence-electron chi connectivity index (χ1n) is 12.6. The van der Waals surface area contributed by atoms with Crippen LogP contribution in [-0.2, 0) is 44.1 Å². The van der Waals surface area contributed by atoms with Crippen LogP contribution < -0.4 is 4.90 Å². The predicted molar refractivity (Wildman–Crippen MR) is 134 cm³/mol. The van der Waals surface area contributed by atoms with Gasteiger partial charge in [-0.2, -0.15) is 5.06 Å². The van der Waals surface area contributed by atoms with Gasteiger partial charge in [0.25, 0.3) is 5.69 Å². The third kappa shape index (κ3) is 14.5. The SMILES string of the molecule is CC.CCCCCCN(O)CCCCCC.O=C1CCCN1c1ccc([N+](=O)[O-])c(CO)c1.[Y]. The molecule has 0 aromatic heterocycles. The number of carbonyl (C=O) groups excluding carboxylic acids is 1. The minimum Gasteiger partial charge on any atom is -0.391 e. The second kappa shape index (κ2) is 22.5. The smallest absolute Gasteiger partial charge is 0.275 e. The van der Waals surface area contributed by atoms with Gasteiger partial charge in [-0.05, 0) is 31.4 Å². The fourth-order valence-electron chi connectivity index (χ4n) is 3.52. The molecular formula is C25H45N3O5Y. The molecule has 1 fully saturated rings. The second-order valence-electron chi connectivity index (χ2n) is 7.95. The Balaban J connectivity index is 0. The molecule has 2 N–H and O–H groups in total. The van der Waals surface area contributed by atoms with Gasteiger partial charge in [0, 0.05) is 70.5 Å². The van der Waals surface area contributed by atoms with Crippen molar-refractivity contribution in [3.8, 4) is 0 Å². The molecule has 1 saturated heterocycles. The van der Waals surface area contributed by atoms with E-state index >= 15 is 0 Å². The third-order valence-electron chi connectivity index (χ3n) is 5.35. The molecule has 1 aliphatic rings. The minimum absolute atomic E-state index is 0. The first-order chi connectivity index (χ1) is 15.9. The summed E-state index contributed by atoms with van der Waals surface area (Å²) in [5, 5.41) is 30.8. The number of nitro groups is 1. The van der Waals surface area contributed by atoms with E-state index in [0.717, 1.165) is 32.4 Å². The number of nitro benzene ring substituents is 1. The van der Waals surface area contributed by atoms with E-state index in [4.69, 9.17) is 5.11 Å². The van der Waals surface area contributed by atoms with Crippen LogP contribution in [0.4, 0.5) is 11.4 Å². The van der Waals surface area contributed by atoms with Gasteiger partial charge in [-0.15, -0.1) is 0 Å². The summed E-state index contributed by atoms with van der Waals surface area (Å²) in [6.07, 6.45) is 11.2. The quantitative estimate of drug-likeness (QED) is 0.173. The molecule has 0 aliphatic carbocycles. The maximum Gasteiger partial charge on any atom is 0.275 e. The summed E-state index contributed by atoms with van der Waals surface area (Å²) in [4.78, 5) is 23.3. The molecule has 1 aliphatic heterocycles. The number of unbranched alkanes of at least 4 members (excludes halogenated alkanes) is 6. The van der Waals surface area contributed by atoms with E-state index in [1.54, 1.807) is 11.0 Å². The van der Waals surface area contributed by atoms with E-state index in [-0.39, 0.29) is 49.9 Å². The molecule has 34 heavy (non-hydrogen) atoms. The summed E-state index contributed by atoms with van der Waals surface area (Å²) in [6.45, 7) is 10.3. The Morgan fingerprint density at radius 2 is 1.59 bits per heavy atom. The van der Waals surface area contributed by atoms with Crippen molar-refractivity contribution in [2.45, 2.75) is 98.5 Å². The Kier molecular flexibility index (Phi) is 23.4. The fourth-order valence-corrected chi connectivity index (χ4v) is 3.52. The van der Waals surface area contributed by atoms with Crippen molar-refractivity contribution in [2.24, 2.45) is 0 Å². The molecule has 1 amide bonds. The van der Waals surface area contributed by atoms with Crippen molar-refractivity contribution in [1.82, 2.24) is 5.06 Å². The average Bonchev–Trinajstić information content (AvgIpc) is 3.26. The van der Waals surface area contributed by atoms with Crippen molar-refractivity contribution >= 4 is 17.3 Å². The molecule has 0 unspecified atom stereocenters. The van der Waals surface area contributed by atoms with Gasteiger partial charge in [0.05, 0.1) is 17.1 Å². The summed E-state index contributed by atoms with van der Waals surface area (Å²) >= 11 is 0. The number of hydroxylamine groups is 2. The molecular weight excluding hydrogens is 511 g/mol. The van der Waals surface area contributed by atoms with E-state index in [1.807, 2.05) is 13.8 Å². The van der Waals surface area contributed by atoms with Crippen LogP contribution in [0.1, 0.15) is 97.5 Å². The molecule has 1 aromatic rings. The van der Waals surface area contributed by atoms with Crippen LogP contribution in [0.25, 0.3) is 0 Å². The van der Waals surface area contributed by atoms with Gasteiger partial charge in [-0.25, -0.2) is 0 Å². The van der Waals surface area contributed by atoms with Crippen LogP contribution in [0, 0.1) is 10.1 Å². The number of rotatable bonds is 13. The molecule has 0 spiro atoms. The summed E-state index contributed by atoms with van der Waals surface area (Å²) in [7, 11) is 0. The standard InChI is InChI=1S/C12H27NO.C11H12N2O4.C2H6.Y/c1-3-5-7-9-11-13(14)12-10-8-6-4-2;14-7-8-6-9(3-4-10(8)13(16)17)12-5-1-2-11(12)15;1-2;/h14H,3-12H2,1-2H3;3-4,6,14H,1-2,5,7H2;1-2H3;. The van der Waals surface area contributed by atoms with E-state index in [9.17, 15) is 20.1 Å². The third-order valence-corrected chi connectivity index (χ3v) is 5.35. The van der Waals surface area contributed by atoms with Gasteiger partial charge in [-0.1, -0.05) is 66.2 Å². The number of hydrogen-bond acceptors (Lipinski definition) is 6. The van der Waals surface area contributed by atoms with Crippen molar-refractivity contribution in [2.75, 3.05) is 24.5 Å². The molecule has 1 radical (unpaired) electrons. The van der Waals surface area contributed by atoms with E-state index in [1.165, 1.54) is 55.7 Å². The number of amides is 1. The molecule has 0 bridgehead atoms. The van der Waals surface area contributed by atoms with E-state index in [2.05, 4.69) is 13.8 Å². The second-order valence-corrected chi connectivity index (χ2v) is 7.95. The number of aliphatic hydroxyl groups is 1. The molecule has 193 valence electrons. The Labute approximate surface area is 231 Å². The predicted octanol–water partition coefficient (Wildman–Crippen LogP) is 6.08.